The van der Waals surface area contributed by atoms with Gasteiger partial charge in [-0.05, 0) is 0 Å². The molecular weight excluding hydrogens is 190 g/mol. The molecule has 72 valence electrons. The minimum Gasteiger partial charge on any atom is -0.347 e. The van der Waals surface area contributed by atoms with Crippen molar-refractivity contribution in [2.75, 3.05) is 25.3 Å². The SMILES string of the molecule is CN(C)c1ncc(S(C)(=O)=O)cn1. The van der Waals surface area contributed by atoms with Crippen molar-refractivity contribution < 1.29 is 8.42 Å². The number of hydrogen-bond donors (Lipinski definition) is 0. The first-order chi connectivity index (χ1) is 5.91. The number of sulfone groups is 1. The van der Waals surface area contributed by atoms with Crippen molar-refractivity contribution in [3.63, 3.8) is 0 Å². The highest BCUT2D eigenvalue weighted by molar-refractivity contribution is 7.90. The summed E-state index contributed by atoms with van der Waals surface area (Å²) in [6.45, 7) is 0. The Balaban J connectivity index is 3.08. The fourth-order valence-corrected chi connectivity index (χ4v) is 1.22. The van der Waals surface area contributed by atoms with Gasteiger partial charge < -0.3 is 4.90 Å². The highest BCUT2D eigenvalue weighted by Crippen LogP contribution is 2.07. The molecule has 0 atom stereocenters. The predicted octanol–water partition coefficient (Wildman–Crippen LogP) is -0.0539. The molecule has 0 unspecified atom stereocenters. The van der Waals surface area contributed by atoms with E-state index in [0.29, 0.717) is 5.95 Å². The van der Waals surface area contributed by atoms with Gasteiger partial charge in [-0.15, -0.1) is 0 Å². The molecule has 13 heavy (non-hydrogen) atoms. The summed E-state index contributed by atoms with van der Waals surface area (Å²) >= 11 is 0. The van der Waals surface area contributed by atoms with Crippen LogP contribution in [-0.4, -0.2) is 38.7 Å². The summed E-state index contributed by atoms with van der Waals surface area (Å²) in [5.74, 6) is 0.493. The number of nitrogens with zero attached hydrogens (tertiary/aromatic N) is 3. The molecule has 0 aromatic carbocycles. The molecule has 6 heteroatoms. The second-order valence-corrected chi connectivity index (χ2v) is 4.90. The molecule has 0 aliphatic rings. The molecular formula is C7H11N3O2S. The van der Waals surface area contributed by atoms with Crippen molar-refractivity contribution >= 4 is 15.8 Å². The van der Waals surface area contributed by atoms with Gasteiger partial charge in [0.25, 0.3) is 0 Å². The smallest absolute Gasteiger partial charge is 0.224 e. The van der Waals surface area contributed by atoms with Gasteiger partial charge in [-0.2, -0.15) is 0 Å². The standard InChI is InChI=1S/C7H11N3O2S/c1-10(2)7-8-4-6(5-9-7)13(3,11)12/h4-5H,1-3H3. The summed E-state index contributed by atoms with van der Waals surface area (Å²) in [6, 6.07) is 0. The van der Waals surface area contributed by atoms with Crippen LogP contribution < -0.4 is 4.90 Å². The molecule has 0 spiro atoms. The van der Waals surface area contributed by atoms with Crippen molar-refractivity contribution in [1.29, 1.82) is 0 Å². The van der Waals surface area contributed by atoms with E-state index in [4.69, 9.17) is 0 Å². The van der Waals surface area contributed by atoms with E-state index in [0.717, 1.165) is 6.26 Å². The maximum Gasteiger partial charge on any atom is 0.224 e. The van der Waals surface area contributed by atoms with Crippen molar-refractivity contribution in [1.82, 2.24) is 9.97 Å². The molecule has 0 N–H and O–H groups in total. The Morgan fingerprint density at radius 3 is 2.00 bits per heavy atom. The van der Waals surface area contributed by atoms with E-state index in [-0.39, 0.29) is 4.90 Å². The van der Waals surface area contributed by atoms with Gasteiger partial charge in [-0.3, -0.25) is 0 Å². The van der Waals surface area contributed by atoms with E-state index in [1.54, 1.807) is 19.0 Å². The summed E-state index contributed by atoms with van der Waals surface area (Å²) in [5, 5.41) is 0. The van der Waals surface area contributed by atoms with Crippen LogP contribution in [0.4, 0.5) is 5.95 Å². The zero-order valence-corrected chi connectivity index (χ0v) is 8.54. The molecule has 1 aromatic rings. The van der Waals surface area contributed by atoms with Crippen LogP contribution in [0.3, 0.4) is 0 Å². The largest absolute Gasteiger partial charge is 0.347 e. The predicted molar refractivity (Wildman–Crippen MR) is 49.5 cm³/mol. The first-order valence-corrected chi connectivity index (χ1v) is 5.50. The molecule has 1 aromatic heterocycles. The number of anilines is 1. The Morgan fingerprint density at radius 1 is 1.23 bits per heavy atom. The summed E-state index contributed by atoms with van der Waals surface area (Å²) in [7, 11) is 0.386. The zero-order valence-electron chi connectivity index (χ0n) is 7.72. The van der Waals surface area contributed by atoms with Crippen LogP contribution in [0.25, 0.3) is 0 Å². The third kappa shape index (κ3) is 2.38. The summed E-state index contributed by atoms with van der Waals surface area (Å²) in [4.78, 5) is 9.60. The Labute approximate surface area is 77.4 Å². The summed E-state index contributed by atoms with van der Waals surface area (Å²) in [6.07, 6.45) is 3.73. The van der Waals surface area contributed by atoms with Crippen LogP contribution in [-0.2, 0) is 9.84 Å². The lowest BCUT2D eigenvalue weighted by molar-refractivity contribution is 0.601. The lowest BCUT2D eigenvalue weighted by Crippen LogP contribution is -2.13. The van der Waals surface area contributed by atoms with Crippen LogP contribution in [0.2, 0.25) is 0 Å². The van der Waals surface area contributed by atoms with Gasteiger partial charge in [0, 0.05) is 20.4 Å². The number of hydrogen-bond acceptors (Lipinski definition) is 5. The molecule has 0 amide bonds. The van der Waals surface area contributed by atoms with Gasteiger partial charge >= 0.3 is 0 Å². The van der Waals surface area contributed by atoms with E-state index < -0.39 is 9.84 Å². The van der Waals surface area contributed by atoms with Crippen molar-refractivity contribution in [3.05, 3.63) is 12.4 Å². The highest BCUT2D eigenvalue weighted by atomic mass is 32.2. The monoisotopic (exact) mass is 201 g/mol. The van der Waals surface area contributed by atoms with Crippen molar-refractivity contribution in [2.45, 2.75) is 4.90 Å². The topological polar surface area (TPSA) is 63.2 Å². The normalized spacial score (nSPS) is 11.3. The molecule has 1 heterocycles. The van der Waals surface area contributed by atoms with Gasteiger partial charge in [0.2, 0.25) is 5.95 Å². The first kappa shape index (κ1) is 9.91. The van der Waals surface area contributed by atoms with E-state index in [1.807, 2.05) is 0 Å². The second-order valence-electron chi connectivity index (χ2n) is 2.89. The van der Waals surface area contributed by atoms with E-state index in [1.165, 1.54) is 12.4 Å². The second kappa shape index (κ2) is 3.29. The lowest BCUT2D eigenvalue weighted by atomic mass is 10.6. The van der Waals surface area contributed by atoms with Crippen molar-refractivity contribution in [2.24, 2.45) is 0 Å². The third-order valence-electron chi connectivity index (χ3n) is 1.44. The molecule has 0 aliphatic heterocycles. The van der Waals surface area contributed by atoms with Crippen molar-refractivity contribution in [3.8, 4) is 0 Å². The average Bonchev–Trinajstić information content (AvgIpc) is 2.03. The molecule has 0 saturated heterocycles. The summed E-state index contributed by atoms with van der Waals surface area (Å²) in [5.41, 5.74) is 0. The zero-order chi connectivity index (χ0) is 10.1. The van der Waals surface area contributed by atoms with E-state index in [2.05, 4.69) is 9.97 Å². The van der Waals surface area contributed by atoms with Crippen LogP contribution >= 0.6 is 0 Å². The van der Waals surface area contributed by atoms with Gasteiger partial charge in [0.05, 0.1) is 12.4 Å². The molecule has 1 rings (SSSR count). The lowest BCUT2D eigenvalue weighted by Gasteiger charge is -2.08. The first-order valence-electron chi connectivity index (χ1n) is 3.60. The van der Waals surface area contributed by atoms with Gasteiger partial charge in [0.1, 0.15) is 4.90 Å². The van der Waals surface area contributed by atoms with Gasteiger partial charge in [-0.25, -0.2) is 18.4 Å². The van der Waals surface area contributed by atoms with Gasteiger partial charge in [-0.1, -0.05) is 0 Å². The molecule has 0 fully saturated rings. The molecule has 0 saturated carbocycles. The molecule has 0 bridgehead atoms. The minimum absolute atomic E-state index is 0.137. The van der Waals surface area contributed by atoms with Gasteiger partial charge in [0.15, 0.2) is 9.84 Å². The maximum atomic E-state index is 11.0. The average molecular weight is 201 g/mol. The van der Waals surface area contributed by atoms with E-state index >= 15 is 0 Å². The Kier molecular flexibility index (Phi) is 2.51. The van der Waals surface area contributed by atoms with Crippen LogP contribution in [0.1, 0.15) is 0 Å². The van der Waals surface area contributed by atoms with E-state index in [9.17, 15) is 8.42 Å². The Bertz CT molecular complexity index is 383. The number of rotatable bonds is 2. The fraction of sp³-hybridized carbons (Fsp3) is 0.429. The Hall–Kier alpha value is -1.17. The van der Waals surface area contributed by atoms with Crippen LogP contribution in [0.15, 0.2) is 17.3 Å². The molecule has 0 aliphatic carbocycles. The number of aromatic nitrogens is 2. The third-order valence-corrected chi connectivity index (χ3v) is 2.51. The fourth-order valence-electron chi connectivity index (χ4n) is 0.732. The molecule has 5 nitrogen and oxygen atoms in total. The quantitative estimate of drug-likeness (QED) is 0.671. The Morgan fingerprint density at radius 2 is 1.69 bits per heavy atom. The summed E-state index contributed by atoms with van der Waals surface area (Å²) < 4.78 is 22.0. The van der Waals surface area contributed by atoms with Crippen LogP contribution in [0.5, 0.6) is 0 Å². The molecule has 0 radical (unpaired) electrons. The highest BCUT2D eigenvalue weighted by Gasteiger charge is 2.08. The minimum atomic E-state index is -3.19. The van der Waals surface area contributed by atoms with Crippen LogP contribution in [0, 0.1) is 0 Å². The maximum absolute atomic E-state index is 11.0.